The van der Waals surface area contributed by atoms with Crippen molar-refractivity contribution in [2.24, 2.45) is 0 Å². The Bertz CT molecular complexity index is 772. The van der Waals surface area contributed by atoms with Gasteiger partial charge in [0.25, 0.3) is 0 Å². The van der Waals surface area contributed by atoms with Gasteiger partial charge in [-0.25, -0.2) is 0 Å². The number of fused-ring (bicyclic) bond motifs is 3. The Morgan fingerprint density at radius 2 is 1.90 bits per heavy atom. The summed E-state index contributed by atoms with van der Waals surface area (Å²) in [5.74, 6) is 0.929. The van der Waals surface area contributed by atoms with E-state index in [-0.39, 0.29) is 0 Å². The summed E-state index contributed by atoms with van der Waals surface area (Å²) in [4.78, 5) is 2.07. The van der Waals surface area contributed by atoms with Crippen molar-refractivity contribution in [3.63, 3.8) is 0 Å². The van der Waals surface area contributed by atoms with Crippen LogP contribution in [0.1, 0.15) is 5.56 Å². The molecule has 0 saturated heterocycles. The lowest BCUT2D eigenvalue weighted by Gasteiger charge is -2.40. The van der Waals surface area contributed by atoms with Crippen LogP contribution in [-0.4, -0.2) is 17.7 Å². The molecule has 2 aliphatic heterocycles. The van der Waals surface area contributed by atoms with Gasteiger partial charge >= 0.3 is 0 Å². The Balaban J connectivity index is 1.88. The third kappa shape index (κ3) is 1.51. The predicted octanol–water partition coefficient (Wildman–Crippen LogP) is 3.96. The Labute approximate surface area is 118 Å². The first kappa shape index (κ1) is 11.4. The van der Waals surface area contributed by atoms with Crippen molar-refractivity contribution in [3.8, 4) is 5.75 Å². The standard InChI is InChI=1S/C18H15NO/c1-19-13-5-4-11-18(19)12-10-16-15-7-3-2-6-14(15)8-9-17(16)20-18/h2-13H,1H3. The van der Waals surface area contributed by atoms with Gasteiger partial charge in [0.2, 0.25) is 5.72 Å². The first-order valence-electron chi connectivity index (χ1n) is 6.77. The van der Waals surface area contributed by atoms with Crippen molar-refractivity contribution in [3.05, 3.63) is 72.5 Å². The van der Waals surface area contributed by atoms with Gasteiger partial charge in [-0.2, -0.15) is 0 Å². The summed E-state index contributed by atoms with van der Waals surface area (Å²) in [5, 5.41) is 2.47. The van der Waals surface area contributed by atoms with Crippen LogP contribution in [0, 0.1) is 0 Å². The molecule has 4 rings (SSSR count). The second-order valence-corrected chi connectivity index (χ2v) is 5.20. The van der Waals surface area contributed by atoms with Gasteiger partial charge in [-0.1, -0.05) is 36.4 Å². The third-order valence-electron chi connectivity index (χ3n) is 4.00. The van der Waals surface area contributed by atoms with E-state index in [2.05, 4.69) is 59.5 Å². The minimum Gasteiger partial charge on any atom is -0.460 e. The maximum atomic E-state index is 6.28. The summed E-state index contributed by atoms with van der Waals surface area (Å²) in [7, 11) is 2.02. The molecule has 1 atom stereocenters. The lowest BCUT2D eigenvalue weighted by Crippen LogP contribution is -2.47. The van der Waals surface area contributed by atoms with Crippen molar-refractivity contribution < 1.29 is 4.74 Å². The van der Waals surface area contributed by atoms with Crippen molar-refractivity contribution in [1.82, 2.24) is 4.90 Å². The summed E-state index contributed by atoms with van der Waals surface area (Å²) in [6.45, 7) is 0. The highest BCUT2D eigenvalue weighted by Gasteiger charge is 2.34. The number of likely N-dealkylation sites (N-methyl/N-ethyl adjacent to an activating group) is 1. The first-order chi connectivity index (χ1) is 9.78. The maximum Gasteiger partial charge on any atom is 0.222 e. The zero-order valence-corrected chi connectivity index (χ0v) is 11.3. The van der Waals surface area contributed by atoms with Gasteiger partial charge in [0, 0.05) is 18.8 Å². The Morgan fingerprint density at radius 1 is 1.00 bits per heavy atom. The first-order valence-corrected chi connectivity index (χ1v) is 6.77. The minimum atomic E-state index is -0.496. The van der Waals surface area contributed by atoms with Crippen molar-refractivity contribution >= 4 is 16.8 Å². The van der Waals surface area contributed by atoms with Crippen LogP contribution < -0.4 is 4.74 Å². The molecule has 2 aromatic carbocycles. The molecule has 2 aliphatic rings. The molecule has 0 aromatic heterocycles. The molecule has 1 unspecified atom stereocenters. The molecule has 0 aliphatic carbocycles. The van der Waals surface area contributed by atoms with Crippen molar-refractivity contribution in [2.75, 3.05) is 7.05 Å². The largest absolute Gasteiger partial charge is 0.460 e. The molecule has 0 radical (unpaired) electrons. The number of benzene rings is 2. The van der Waals surface area contributed by atoms with Gasteiger partial charge in [-0.3, -0.25) is 0 Å². The number of hydrogen-bond donors (Lipinski definition) is 0. The molecule has 2 aromatic rings. The Morgan fingerprint density at radius 3 is 2.80 bits per heavy atom. The molecule has 0 saturated carbocycles. The van der Waals surface area contributed by atoms with E-state index in [1.807, 2.05) is 25.4 Å². The zero-order valence-electron chi connectivity index (χ0n) is 11.3. The number of nitrogens with zero attached hydrogens (tertiary/aromatic N) is 1. The topological polar surface area (TPSA) is 12.5 Å². The van der Waals surface area contributed by atoms with E-state index in [0.717, 1.165) is 11.3 Å². The lowest BCUT2D eigenvalue weighted by molar-refractivity contribution is 0.0428. The molecule has 1 spiro atoms. The van der Waals surface area contributed by atoms with Crippen LogP contribution >= 0.6 is 0 Å². The molecule has 2 heteroatoms. The number of hydrogen-bond acceptors (Lipinski definition) is 2. The van der Waals surface area contributed by atoms with Crippen molar-refractivity contribution in [2.45, 2.75) is 5.72 Å². The molecular weight excluding hydrogens is 246 g/mol. The highest BCUT2D eigenvalue weighted by Crippen LogP contribution is 2.38. The van der Waals surface area contributed by atoms with Gasteiger partial charge in [0.15, 0.2) is 0 Å². The predicted molar refractivity (Wildman–Crippen MR) is 82.4 cm³/mol. The quantitative estimate of drug-likeness (QED) is 0.711. The third-order valence-corrected chi connectivity index (χ3v) is 4.00. The highest BCUT2D eigenvalue weighted by atomic mass is 16.5. The average Bonchev–Trinajstić information content (AvgIpc) is 2.50. The van der Waals surface area contributed by atoms with E-state index in [9.17, 15) is 0 Å². The molecule has 0 bridgehead atoms. The van der Waals surface area contributed by atoms with Gasteiger partial charge < -0.3 is 9.64 Å². The fourth-order valence-electron chi connectivity index (χ4n) is 2.83. The molecule has 2 heterocycles. The van der Waals surface area contributed by atoms with Gasteiger partial charge in [-0.05, 0) is 41.1 Å². The van der Waals surface area contributed by atoms with Crippen LogP contribution in [0.5, 0.6) is 5.75 Å². The van der Waals surface area contributed by atoms with E-state index in [4.69, 9.17) is 4.74 Å². The fraction of sp³-hybridized carbons (Fsp3) is 0.111. The van der Waals surface area contributed by atoms with Gasteiger partial charge in [0.05, 0.1) is 0 Å². The monoisotopic (exact) mass is 261 g/mol. The van der Waals surface area contributed by atoms with Gasteiger partial charge in [0.1, 0.15) is 5.75 Å². The van der Waals surface area contributed by atoms with Crippen LogP contribution in [0.4, 0.5) is 0 Å². The van der Waals surface area contributed by atoms with E-state index in [0.29, 0.717) is 0 Å². The SMILES string of the molecule is CN1C=CC=CC12C=Cc1c(ccc3ccccc13)O2. The zero-order chi connectivity index (χ0) is 13.6. The van der Waals surface area contributed by atoms with Crippen LogP contribution in [0.2, 0.25) is 0 Å². The maximum absolute atomic E-state index is 6.28. The van der Waals surface area contributed by atoms with Crippen LogP contribution in [0.3, 0.4) is 0 Å². The van der Waals surface area contributed by atoms with Crippen LogP contribution in [-0.2, 0) is 0 Å². The molecule has 0 amide bonds. The van der Waals surface area contributed by atoms with E-state index in [1.165, 1.54) is 10.8 Å². The normalized spacial score (nSPS) is 23.1. The Kier molecular flexibility index (Phi) is 2.27. The number of ether oxygens (including phenoxy) is 1. The summed E-state index contributed by atoms with van der Waals surface area (Å²) in [6.07, 6.45) is 12.4. The van der Waals surface area contributed by atoms with Crippen LogP contribution in [0.15, 0.2) is 66.9 Å². The fourth-order valence-corrected chi connectivity index (χ4v) is 2.83. The molecular formula is C18H15NO. The molecule has 0 fully saturated rings. The molecule has 2 nitrogen and oxygen atoms in total. The molecule has 98 valence electrons. The highest BCUT2D eigenvalue weighted by molar-refractivity contribution is 5.93. The van der Waals surface area contributed by atoms with E-state index >= 15 is 0 Å². The summed E-state index contributed by atoms with van der Waals surface area (Å²) >= 11 is 0. The summed E-state index contributed by atoms with van der Waals surface area (Å²) < 4.78 is 6.28. The molecule has 20 heavy (non-hydrogen) atoms. The lowest BCUT2D eigenvalue weighted by atomic mass is 9.98. The smallest absolute Gasteiger partial charge is 0.222 e. The summed E-state index contributed by atoms with van der Waals surface area (Å²) in [5.41, 5.74) is 0.662. The second kappa shape index (κ2) is 4.01. The summed E-state index contributed by atoms with van der Waals surface area (Å²) in [6, 6.07) is 12.6. The average molecular weight is 261 g/mol. The van der Waals surface area contributed by atoms with E-state index in [1.54, 1.807) is 0 Å². The second-order valence-electron chi connectivity index (χ2n) is 5.20. The van der Waals surface area contributed by atoms with Gasteiger partial charge in [-0.15, -0.1) is 0 Å². The number of allylic oxidation sites excluding steroid dienone is 2. The molecule has 0 N–H and O–H groups in total. The van der Waals surface area contributed by atoms with E-state index < -0.39 is 5.72 Å². The number of rotatable bonds is 0. The Hall–Kier alpha value is -2.48. The minimum absolute atomic E-state index is 0.496. The van der Waals surface area contributed by atoms with Crippen molar-refractivity contribution in [1.29, 1.82) is 0 Å². The van der Waals surface area contributed by atoms with Crippen LogP contribution in [0.25, 0.3) is 16.8 Å².